The molecule has 0 bridgehead atoms. The van der Waals surface area contributed by atoms with Crippen molar-refractivity contribution in [2.75, 3.05) is 6.61 Å². The fourth-order valence-corrected chi connectivity index (χ4v) is 1.48. The number of carbonyl (C=O) groups is 1. The monoisotopic (exact) mass is 198 g/mol. The van der Waals surface area contributed by atoms with Gasteiger partial charge in [-0.3, -0.25) is 4.79 Å². The molecule has 0 heterocycles. The van der Waals surface area contributed by atoms with Crippen LogP contribution in [0.1, 0.15) is 40.0 Å². The Bertz CT molecular complexity index is 175. The van der Waals surface area contributed by atoms with Gasteiger partial charge in [0.15, 0.2) is 0 Å². The topological polar surface area (TPSA) is 26.3 Å². The van der Waals surface area contributed by atoms with Crippen molar-refractivity contribution in [3.63, 3.8) is 0 Å². The molecular formula is C12H22O2. The van der Waals surface area contributed by atoms with Crippen molar-refractivity contribution in [3.05, 3.63) is 12.7 Å². The van der Waals surface area contributed by atoms with E-state index in [1.165, 1.54) is 0 Å². The van der Waals surface area contributed by atoms with Crippen molar-refractivity contribution in [1.29, 1.82) is 0 Å². The van der Waals surface area contributed by atoms with Gasteiger partial charge >= 0.3 is 5.97 Å². The van der Waals surface area contributed by atoms with Gasteiger partial charge in [0.1, 0.15) is 6.61 Å². The molecule has 0 aliphatic carbocycles. The molecule has 0 N–H and O–H groups in total. The highest BCUT2D eigenvalue weighted by atomic mass is 16.5. The SMILES string of the molecule is C=CCOC(=O)C(CCC)C(C)CC. The second-order valence-corrected chi connectivity index (χ2v) is 3.70. The van der Waals surface area contributed by atoms with E-state index in [-0.39, 0.29) is 11.9 Å². The van der Waals surface area contributed by atoms with E-state index < -0.39 is 0 Å². The van der Waals surface area contributed by atoms with E-state index in [1.54, 1.807) is 6.08 Å². The van der Waals surface area contributed by atoms with Crippen LogP contribution in [0.3, 0.4) is 0 Å². The summed E-state index contributed by atoms with van der Waals surface area (Å²) in [4.78, 5) is 11.6. The van der Waals surface area contributed by atoms with Crippen molar-refractivity contribution >= 4 is 5.97 Å². The zero-order valence-corrected chi connectivity index (χ0v) is 9.58. The van der Waals surface area contributed by atoms with E-state index in [2.05, 4.69) is 27.4 Å². The minimum atomic E-state index is -0.0684. The molecule has 0 aromatic rings. The van der Waals surface area contributed by atoms with Gasteiger partial charge in [0.2, 0.25) is 0 Å². The first kappa shape index (κ1) is 13.2. The van der Waals surface area contributed by atoms with Gasteiger partial charge in [-0.1, -0.05) is 46.3 Å². The summed E-state index contributed by atoms with van der Waals surface area (Å²) in [5.74, 6) is 0.401. The lowest BCUT2D eigenvalue weighted by atomic mass is 9.88. The molecule has 0 aromatic carbocycles. The maximum absolute atomic E-state index is 11.6. The van der Waals surface area contributed by atoms with E-state index >= 15 is 0 Å². The Morgan fingerprint density at radius 2 is 2.14 bits per heavy atom. The van der Waals surface area contributed by atoms with Gasteiger partial charge in [0.25, 0.3) is 0 Å². The Hall–Kier alpha value is -0.790. The predicted molar refractivity (Wildman–Crippen MR) is 59.0 cm³/mol. The van der Waals surface area contributed by atoms with Gasteiger partial charge in [0.05, 0.1) is 5.92 Å². The summed E-state index contributed by atoms with van der Waals surface area (Å²) in [6.07, 6.45) is 4.58. The number of esters is 1. The molecule has 0 aliphatic rings. The Balaban J connectivity index is 4.16. The molecule has 0 aliphatic heterocycles. The molecule has 82 valence electrons. The third kappa shape index (κ3) is 4.45. The molecule has 2 unspecified atom stereocenters. The first-order valence-electron chi connectivity index (χ1n) is 5.44. The van der Waals surface area contributed by atoms with Crippen LogP contribution in [-0.4, -0.2) is 12.6 Å². The third-order valence-corrected chi connectivity index (χ3v) is 2.58. The van der Waals surface area contributed by atoms with Crippen molar-refractivity contribution in [3.8, 4) is 0 Å². The fraction of sp³-hybridized carbons (Fsp3) is 0.750. The molecule has 0 aromatic heterocycles. The van der Waals surface area contributed by atoms with E-state index in [1.807, 2.05) is 0 Å². The molecule has 2 nitrogen and oxygen atoms in total. The number of carbonyl (C=O) groups excluding carboxylic acids is 1. The maximum atomic E-state index is 11.6. The highest BCUT2D eigenvalue weighted by Gasteiger charge is 2.23. The average molecular weight is 198 g/mol. The molecule has 0 saturated carbocycles. The lowest BCUT2D eigenvalue weighted by Crippen LogP contribution is -2.24. The van der Waals surface area contributed by atoms with Gasteiger partial charge < -0.3 is 4.74 Å². The molecule has 0 fully saturated rings. The molecule has 2 atom stereocenters. The van der Waals surface area contributed by atoms with Gasteiger partial charge in [0, 0.05) is 0 Å². The molecule has 0 radical (unpaired) electrons. The third-order valence-electron chi connectivity index (χ3n) is 2.58. The molecule has 2 heteroatoms. The van der Waals surface area contributed by atoms with Crippen LogP contribution >= 0.6 is 0 Å². The van der Waals surface area contributed by atoms with Crippen LogP contribution in [0.4, 0.5) is 0 Å². The molecule has 0 amide bonds. The number of hydrogen-bond donors (Lipinski definition) is 0. The van der Waals surface area contributed by atoms with Crippen molar-refractivity contribution in [2.24, 2.45) is 11.8 Å². The van der Waals surface area contributed by atoms with Gasteiger partial charge in [-0.05, 0) is 12.3 Å². The second kappa shape index (κ2) is 7.60. The smallest absolute Gasteiger partial charge is 0.309 e. The first-order valence-corrected chi connectivity index (χ1v) is 5.44. The van der Waals surface area contributed by atoms with Gasteiger partial charge in [-0.2, -0.15) is 0 Å². The summed E-state index contributed by atoms with van der Waals surface area (Å²) >= 11 is 0. The summed E-state index contributed by atoms with van der Waals surface area (Å²) in [6.45, 7) is 10.2. The molecule has 0 spiro atoms. The number of rotatable bonds is 7. The Kier molecular flexibility index (Phi) is 7.17. The van der Waals surface area contributed by atoms with Crippen molar-refractivity contribution in [1.82, 2.24) is 0 Å². The summed E-state index contributed by atoms with van der Waals surface area (Å²) in [7, 11) is 0. The second-order valence-electron chi connectivity index (χ2n) is 3.70. The Labute approximate surface area is 87.3 Å². The standard InChI is InChI=1S/C12H22O2/c1-5-8-11(10(4)7-3)12(13)14-9-6-2/h6,10-11H,2,5,7-9H2,1,3-4H3. The average Bonchev–Trinajstić information content (AvgIpc) is 2.21. The summed E-state index contributed by atoms with van der Waals surface area (Å²) < 4.78 is 5.07. The maximum Gasteiger partial charge on any atom is 0.309 e. The lowest BCUT2D eigenvalue weighted by molar-refractivity contribution is -0.149. The van der Waals surface area contributed by atoms with Crippen LogP contribution in [0.15, 0.2) is 12.7 Å². The molecule has 0 saturated heterocycles. The van der Waals surface area contributed by atoms with E-state index in [4.69, 9.17) is 4.74 Å². The Morgan fingerprint density at radius 3 is 2.57 bits per heavy atom. The zero-order valence-electron chi connectivity index (χ0n) is 9.58. The van der Waals surface area contributed by atoms with Crippen molar-refractivity contribution in [2.45, 2.75) is 40.0 Å². The zero-order chi connectivity index (χ0) is 11.0. The summed E-state index contributed by atoms with van der Waals surface area (Å²) in [5, 5.41) is 0. The van der Waals surface area contributed by atoms with Crippen LogP contribution in [-0.2, 0) is 9.53 Å². The van der Waals surface area contributed by atoms with Crippen LogP contribution < -0.4 is 0 Å². The van der Waals surface area contributed by atoms with Crippen LogP contribution in [0.5, 0.6) is 0 Å². The van der Waals surface area contributed by atoms with Crippen LogP contribution in [0, 0.1) is 11.8 Å². The minimum absolute atomic E-state index is 0.0601. The minimum Gasteiger partial charge on any atom is -0.461 e. The summed E-state index contributed by atoms with van der Waals surface area (Å²) in [6, 6.07) is 0. The van der Waals surface area contributed by atoms with Crippen LogP contribution in [0.25, 0.3) is 0 Å². The normalized spacial score (nSPS) is 14.5. The lowest BCUT2D eigenvalue weighted by Gasteiger charge is -2.20. The molecule has 0 rings (SSSR count). The highest BCUT2D eigenvalue weighted by molar-refractivity contribution is 5.72. The van der Waals surface area contributed by atoms with Crippen molar-refractivity contribution < 1.29 is 9.53 Å². The number of ether oxygens (including phenoxy) is 1. The quantitative estimate of drug-likeness (QED) is 0.464. The Morgan fingerprint density at radius 1 is 1.50 bits per heavy atom. The van der Waals surface area contributed by atoms with Gasteiger partial charge in [-0.25, -0.2) is 0 Å². The van der Waals surface area contributed by atoms with E-state index in [9.17, 15) is 4.79 Å². The number of hydrogen-bond acceptors (Lipinski definition) is 2. The fourth-order valence-electron chi connectivity index (χ4n) is 1.48. The molecule has 14 heavy (non-hydrogen) atoms. The van der Waals surface area contributed by atoms with E-state index in [0.717, 1.165) is 19.3 Å². The summed E-state index contributed by atoms with van der Waals surface area (Å²) in [5.41, 5.74) is 0. The van der Waals surface area contributed by atoms with E-state index in [0.29, 0.717) is 12.5 Å². The predicted octanol–water partition coefficient (Wildman–Crippen LogP) is 3.18. The molecular weight excluding hydrogens is 176 g/mol. The van der Waals surface area contributed by atoms with Gasteiger partial charge in [-0.15, -0.1) is 0 Å². The first-order chi connectivity index (χ1) is 6.67. The highest BCUT2D eigenvalue weighted by Crippen LogP contribution is 2.21. The largest absolute Gasteiger partial charge is 0.461 e. The van der Waals surface area contributed by atoms with Crippen LogP contribution in [0.2, 0.25) is 0 Å².